The Morgan fingerprint density at radius 2 is 1.04 bits per heavy atom. The molecule has 0 N–H and O–H groups in total. The number of aromatic nitrogens is 5. The van der Waals surface area contributed by atoms with Crippen LogP contribution in [-0.2, 0) is 0 Å². The minimum Gasteiger partial charge on any atom is -0.362 e. The van der Waals surface area contributed by atoms with Gasteiger partial charge in [0.2, 0.25) is 5.95 Å². The molecule has 0 bridgehead atoms. The molecule has 2 aromatic heterocycles. The molecule has 0 aliphatic heterocycles. The van der Waals surface area contributed by atoms with Crippen LogP contribution in [0.25, 0.3) is 0 Å². The van der Waals surface area contributed by atoms with Gasteiger partial charge >= 0.3 is 0 Å². The number of aryl methyl sites for hydroxylation is 4. The summed E-state index contributed by atoms with van der Waals surface area (Å²) >= 11 is 0. The lowest BCUT2D eigenvalue weighted by Gasteiger charge is -2.15. The number of rotatable bonds is 2. The van der Waals surface area contributed by atoms with Gasteiger partial charge in [-0.1, -0.05) is 0 Å². The molecule has 0 radical (unpaired) electrons. The lowest BCUT2D eigenvalue weighted by atomic mass is 10.2. The van der Waals surface area contributed by atoms with Crippen molar-refractivity contribution < 1.29 is 0 Å². The van der Waals surface area contributed by atoms with E-state index < -0.39 is 0 Å². The van der Waals surface area contributed by atoms with Crippen molar-refractivity contribution in [3.05, 3.63) is 28.7 Å². The third-order valence-electron chi connectivity index (χ3n) is 3.15. The Bertz CT molecular complexity index is 645. The van der Waals surface area contributed by atoms with Crippen LogP contribution in [0, 0.1) is 34.6 Å². The van der Waals surface area contributed by atoms with Gasteiger partial charge in [-0.05, 0) is 34.6 Å². The normalized spacial score (nSPS) is 9.96. The molecule has 0 aliphatic rings. The predicted molar refractivity (Wildman–Crippen MR) is 94.2 cm³/mol. The quantitative estimate of drug-likeness (QED) is 0.839. The number of hydrogen-bond acceptors (Lipinski definition) is 7. The summed E-state index contributed by atoms with van der Waals surface area (Å²) in [5.74, 6) is 4.10. The first-order valence-corrected chi connectivity index (χ1v) is 7.47. The van der Waals surface area contributed by atoms with Crippen molar-refractivity contribution >= 4 is 11.8 Å². The molecule has 0 saturated heterocycles. The molecule has 0 unspecified atom stereocenters. The monoisotopic (exact) mass is 317 g/mol. The van der Waals surface area contributed by atoms with Crippen molar-refractivity contribution in [1.29, 1.82) is 0 Å². The molecule has 0 saturated carbocycles. The third-order valence-corrected chi connectivity index (χ3v) is 3.15. The fourth-order valence-electron chi connectivity index (χ4n) is 1.98. The second kappa shape index (κ2) is 7.80. The Morgan fingerprint density at radius 1 is 0.565 bits per heavy atom. The van der Waals surface area contributed by atoms with Crippen LogP contribution in [0.5, 0.6) is 0 Å². The summed E-state index contributed by atoms with van der Waals surface area (Å²) < 4.78 is 0. The first-order valence-electron chi connectivity index (χ1n) is 7.47. The van der Waals surface area contributed by atoms with Gasteiger partial charge in [0.15, 0.2) is 0 Å². The van der Waals surface area contributed by atoms with Crippen LogP contribution in [0.1, 0.15) is 28.7 Å². The average molecular weight is 317 g/mol. The Morgan fingerprint density at radius 3 is 1.48 bits per heavy atom. The highest BCUT2D eigenvalue weighted by atomic mass is 15.2. The molecule has 0 spiro atoms. The van der Waals surface area contributed by atoms with Crippen LogP contribution in [0.4, 0.5) is 11.8 Å². The fourth-order valence-corrected chi connectivity index (χ4v) is 1.98. The molecule has 0 atom stereocenters. The zero-order valence-electron chi connectivity index (χ0n) is 15.6. The molecule has 2 aromatic rings. The maximum Gasteiger partial charge on any atom is 0.228 e. The van der Waals surface area contributed by atoms with E-state index >= 15 is 0 Å². The molecule has 0 fully saturated rings. The summed E-state index contributed by atoms with van der Waals surface area (Å²) in [4.78, 5) is 24.8. The number of hydrogen-bond donors (Lipinski definition) is 0. The summed E-state index contributed by atoms with van der Waals surface area (Å²) in [7, 11) is 7.81. The average Bonchev–Trinajstić information content (AvgIpc) is 2.42. The van der Waals surface area contributed by atoms with Gasteiger partial charge in [-0.3, -0.25) is 0 Å². The van der Waals surface area contributed by atoms with Gasteiger partial charge in [0.1, 0.15) is 23.3 Å². The van der Waals surface area contributed by atoms with E-state index in [1.54, 1.807) is 0 Å². The van der Waals surface area contributed by atoms with E-state index in [-0.39, 0.29) is 0 Å². The van der Waals surface area contributed by atoms with Crippen LogP contribution in [0.15, 0.2) is 0 Å². The van der Waals surface area contributed by atoms with E-state index in [4.69, 9.17) is 0 Å². The smallest absolute Gasteiger partial charge is 0.228 e. The van der Waals surface area contributed by atoms with Gasteiger partial charge in [-0.25, -0.2) is 15.0 Å². The van der Waals surface area contributed by atoms with E-state index in [0.29, 0.717) is 0 Å². The predicted octanol–water partition coefficient (Wildman–Crippen LogP) is 2.02. The van der Waals surface area contributed by atoms with Gasteiger partial charge in [-0.2, -0.15) is 9.97 Å². The van der Waals surface area contributed by atoms with Crippen molar-refractivity contribution in [2.24, 2.45) is 0 Å². The fraction of sp³-hybridized carbons (Fsp3) is 0.562. The lowest BCUT2D eigenvalue weighted by Crippen LogP contribution is -2.14. The van der Waals surface area contributed by atoms with Crippen molar-refractivity contribution in [2.45, 2.75) is 34.6 Å². The van der Waals surface area contributed by atoms with Crippen molar-refractivity contribution in [3.8, 4) is 0 Å². The maximum atomic E-state index is 4.35. The molecule has 2 heterocycles. The maximum absolute atomic E-state index is 4.35. The van der Waals surface area contributed by atoms with Gasteiger partial charge in [-0.15, -0.1) is 0 Å². The lowest BCUT2D eigenvalue weighted by molar-refractivity contribution is 0.880. The number of anilines is 2. The van der Waals surface area contributed by atoms with Crippen molar-refractivity contribution in [2.75, 3.05) is 38.0 Å². The number of nitrogens with zero attached hydrogens (tertiary/aromatic N) is 7. The molecular formula is C16H27N7. The van der Waals surface area contributed by atoms with E-state index in [0.717, 1.165) is 40.5 Å². The highest BCUT2D eigenvalue weighted by molar-refractivity contribution is 5.46. The molecule has 7 heteroatoms. The molecule has 0 aromatic carbocycles. The van der Waals surface area contributed by atoms with E-state index in [1.807, 2.05) is 72.6 Å². The molecule has 0 aliphatic carbocycles. The largest absolute Gasteiger partial charge is 0.362 e. The summed E-state index contributed by atoms with van der Waals surface area (Å²) in [6.07, 6.45) is 0. The molecule has 2 rings (SSSR count). The van der Waals surface area contributed by atoms with Gasteiger partial charge < -0.3 is 9.80 Å². The minimum absolute atomic E-state index is 0.718. The molecule has 0 amide bonds. The standard InChI is InChI=1S/C9H15N3.C7H12N4/c1-6-7(2)10-8(3)11-9(6)12(4)5;1-5-8-6(2)10-7(9-5)11(3)4/h1-5H3;1-4H3. The first kappa shape index (κ1) is 18.7. The van der Waals surface area contributed by atoms with Gasteiger partial charge in [0.05, 0.1) is 0 Å². The van der Waals surface area contributed by atoms with Crippen LogP contribution in [0.2, 0.25) is 0 Å². The Balaban J connectivity index is 0.000000231. The highest BCUT2D eigenvalue weighted by Crippen LogP contribution is 2.16. The van der Waals surface area contributed by atoms with E-state index in [1.165, 1.54) is 0 Å². The molecule has 7 nitrogen and oxygen atoms in total. The van der Waals surface area contributed by atoms with Gasteiger partial charge in [0.25, 0.3) is 0 Å². The summed E-state index contributed by atoms with van der Waals surface area (Å²) in [6, 6.07) is 0. The molecule has 126 valence electrons. The van der Waals surface area contributed by atoms with Crippen LogP contribution in [-0.4, -0.2) is 53.1 Å². The summed E-state index contributed by atoms with van der Waals surface area (Å²) in [6.45, 7) is 9.70. The van der Waals surface area contributed by atoms with E-state index in [9.17, 15) is 0 Å². The Kier molecular flexibility index (Phi) is 6.36. The Hall–Kier alpha value is -2.31. The van der Waals surface area contributed by atoms with Crippen molar-refractivity contribution in [1.82, 2.24) is 24.9 Å². The van der Waals surface area contributed by atoms with Gasteiger partial charge in [0, 0.05) is 39.4 Å². The zero-order chi connectivity index (χ0) is 17.7. The summed E-state index contributed by atoms with van der Waals surface area (Å²) in [5, 5.41) is 0. The van der Waals surface area contributed by atoms with Crippen molar-refractivity contribution in [3.63, 3.8) is 0 Å². The zero-order valence-corrected chi connectivity index (χ0v) is 15.6. The molecular weight excluding hydrogens is 290 g/mol. The second-order valence-electron chi connectivity index (χ2n) is 5.82. The highest BCUT2D eigenvalue weighted by Gasteiger charge is 2.06. The summed E-state index contributed by atoms with van der Waals surface area (Å²) in [5.41, 5.74) is 2.22. The molecule has 23 heavy (non-hydrogen) atoms. The third kappa shape index (κ3) is 5.43. The first-order chi connectivity index (χ1) is 10.6. The topological polar surface area (TPSA) is 70.9 Å². The second-order valence-corrected chi connectivity index (χ2v) is 5.82. The van der Waals surface area contributed by atoms with Crippen LogP contribution < -0.4 is 9.80 Å². The Labute approximate surface area is 138 Å². The van der Waals surface area contributed by atoms with Crippen LogP contribution in [0.3, 0.4) is 0 Å². The van der Waals surface area contributed by atoms with E-state index in [2.05, 4.69) is 24.9 Å². The minimum atomic E-state index is 0.718. The van der Waals surface area contributed by atoms with Crippen LogP contribution >= 0.6 is 0 Å². The SMILES string of the molecule is Cc1nc(C)c(C)c(N(C)C)n1.Cc1nc(C)nc(N(C)C)n1.